The molecule has 5 nitrogen and oxygen atoms in total. The smallest absolute Gasteiger partial charge is 0.237 e. The van der Waals surface area contributed by atoms with Crippen LogP contribution in [-0.4, -0.2) is 37.0 Å². The van der Waals surface area contributed by atoms with Crippen LogP contribution >= 0.6 is 0 Å². The van der Waals surface area contributed by atoms with E-state index in [0.29, 0.717) is 0 Å². The lowest BCUT2D eigenvalue weighted by molar-refractivity contribution is -0.123. The summed E-state index contributed by atoms with van der Waals surface area (Å²) in [6.07, 6.45) is 2.84. The zero-order valence-corrected chi connectivity index (χ0v) is 10.0. The van der Waals surface area contributed by atoms with Crippen LogP contribution in [0.3, 0.4) is 0 Å². The first-order chi connectivity index (χ1) is 7.59. The molecule has 1 atom stereocenters. The Hall–Kier alpha value is -1.10. The Morgan fingerprint density at radius 1 is 1.50 bits per heavy atom. The molecule has 0 aromatic carbocycles. The molecule has 92 valence electrons. The van der Waals surface area contributed by atoms with Gasteiger partial charge in [0, 0.05) is 12.6 Å². The third-order valence-electron chi connectivity index (χ3n) is 2.49. The lowest BCUT2D eigenvalue weighted by atomic mass is 10.1. The van der Waals surface area contributed by atoms with Crippen LogP contribution in [0.15, 0.2) is 0 Å². The van der Waals surface area contributed by atoms with Gasteiger partial charge in [-0.25, -0.2) is 0 Å². The van der Waals surface area contributed by atoms with Gasteiger partial charge >= 0.3 is 0 Å². The first-order valence-corrected chi connectivity index (χ1v) is 5.90. The molecule has 0 spiro atoms. The summed E-state index contributed by atoms with van der Waals surface area (Å²) in [7, 11) is 0. The van der Waals surface area contributed by atoms with Crippen LogP contribution in [0.5, 0.6) is 0 Å². The first-order valence-electron chi connectivity index (χ1n) is 5.90. The molecule has 2 amide bonds. The van der Waals surface area contributed by atoms with E-state index in [1.807, 2.05) is 13.8 Å². The maximum Gasteiger partial charge on any atom is 0.237 e. The second kappa shape index (κ2) is 6.48. The largest absolute Gasteiger partial charge is 0.355 e. The summed E-state index contributed by atoms with van der Waals surface area (Å²) in [6, 6.07) is -0.0855. The minimum atomic E-state index is -0.222. The zero-order chi connectivity index (χ0) is 12.0. The zero-order valence-electron chi connectivity index (χ0n) is 10.0. The molecule has 0 radical (unpaired) electrons. The van der Waals surface area contributed by atoms with Gasteiger partial charge in [0.05, 0.1) is 12.6 Å². The van der Waals surface area contributed by atoms with E-state index in [1.165, 1.54) is 0 Å². The average Bonchev–Trinajstić information content (AvgIpc) is 2.39. The van der Waals surface area contributed by atoms with Crippen LogP contribution in [0.25, 0.3) is 0 Å². The molecule has 0 aromatic heterocycles. The summed E-state index contributed by atoms with van der Waals surface area (Å²) >= 11 is 0. The van der Waals surface area contributed by atoms with Gasteiger partial charge in [-0.05, 0) is 33.1 Å². The third kappa shape index (κ3) is 4.61. The molecule has 3 N–H and O–H groups in total. The van der Waals surface area contributed by atoms with Gasteiger partial charge in [0.15, 0.2) is 0 Å². The first kappa shape index (κ1) is 13.0. The minimum absolute atomic E-state index is 0.00912. The summed E-state index contributed by atoms with van der Waals surface area (Å²) in [6.45, 7) is 4.78. The van der Waals surface area contributed by atoms with E-state index in [4.69, 9.17) is 0 Å². The van der Waals surface area contributed by atoms with Gasteiger partial charge in [-0.2, -0.15) is 0 Å². The van der Waals surface area contributed by atoms with E-state index in [9.17, 15) is 9.59 Å². The average molecular weight is 227 g/mol. The van der Waals surface area contributed by atoms with Crippen molar-refractivity contribution in [2.45, 2.75) is 45.2 Å². The van der Waals surface area contributed by atoms with E-state index in [2.05, 4.69) is 16.0 Å². The van der Waals surface area contributed by atoms with Crippen molar-refractivity contribution in [3.05, 3.63) is 0 Å². The number of amides is 2. The highest BCUT2D eigenvalue weighted by Crippen LogP contribution is 2.04. The van der Waals surface area contributed by atoms with Gasteiger partial charge in [0.1, 0.15) is 0 Å². The molecule has 1 aliphatic heterocycles. The molecule has 1 saturated heterocycles. The van der Waals surface area contributed by atoms with Gasteiger partial charge in [-0.3, -0.25) is 14.9 Å². The molecule has 0 saturated carbocycles. The molecule has 0 aliphatic carbocycles. The van der Waals surface area contributed by atoms with Crippen molar-refractivity contribution in [3.63, 3.8) is 0 Å². The van der Waals surface area contributed by atoms with E-state index in [0.717, 1.165) is 25.8 Å². The van der Waals surface area contributed by atoms with Crippen LogP contribution in [0.4, 0.5) is 0 Å². The van der Waals surface area contributed by atoms with E-state index < -0.39 is 0 Å². The molecule has 16 heavy (non-hydrogen) atoms. The molecule has 5 heteroatoms. The lowest BCUT2D eigenvalue weighted by Crippen LogP contribution is -2.47. The third-order valence-corrected chi connectivity index (χ3v) is 2.49. The number of carbonyl (C=O) groups is 2. The number of nitrogens with one attached hydrogen (secondary N) is 3. The Kier molecular flexibility index (Phi) is 5.25. The summed E-state index contributed by atoms with van der Waals surface area (Å²) in [5.41, 5.74) is 0. The number of rotatable bonds is 4. The highest BCUT2D eigenvalue weighted by Gasteiger charge is 2.20. The molecule has 1 heterocycles. The fraction of sp³-hybridized carbons (Fsp3) is 0.818. The topological polar surface area (TPSA) is 70.2 Å². The van der Waals surface area contributed by atoms with Gasteiger partial charge in [-0.1, -0.05) is 0 Å². The molecular weight excluding hydrogens is 206 g/mol. The maximum absolute atomic E-state index is 11.5. The minimum Gasteiger partial charge on any atom is -0.355 e. The highest BCUT2D eigenvalue weighted by atomic mass is 16.2. The van der Waals surface area contributed by atoms with Crippen LogP contribution in [0, 0.1) is 0 Å². The number of hydrogen-bond acceptors (Lipinski definition) is 3. The SMILES string of the molecule is CC(C)NC(=O)CNC1CCCCNC1=O. The fourth-order valence-electron chi connectivity index (χ4n) is 1.72. The molecule has 0 aromatic rings. The van der Waals surface area contributed by atoms with Crippen molar-refractivity contribution in [1.29, 1.82) is 0 Å². The van der Waals surface area contributed by atoms with E-state index >= 15 is 0 Å². The second-order valence-electron chi connectivity index (χ2n) is 4.44. The Morgan fingerprint density at radius 2 is 2.25 bits per heavy atom. The van der Waals surface area contributed by atoms with Crippen molar-refractivity contribution in [2.75, 3.05) is 13.1 Å². The number of carbonyl (C=O) groups excluding carboxylic acids is 2. The molecular formula is C11H21N3O2. The maximum atomic E-state index is 11.5. The monoisotopic (exact) mass is 227 g/mol. The Bertz CT molecular complexity index is 254. The van der Waals surface area contributed by atoms with E-state index in [1.54, 1.807) is 0 Å². The van der Waals surface area contributed by atoms with Crippen LogP contribution in [0.1, 0.15) is 33.1 Å². The summed E-state index contributed by atoms with van der Waals surface area (Å²) < 4.78 is 0. The fourth-order valence-corrected chi connectivity index (χ4v) is 1.72. The summed E-state index contributed by atoms with van der Waals surface area (Å²) in [4.78, 5) is 22.9. The van der Waals surface area contributed by atoms with Crippen LogP contribution in [0.2, 0.25) is 0 Å². The predicted molar refractivity (Wildman–Crippen MR) is 61.9 cm³/mol. The molecule has 1 rings (SSSR count). The van der Waals surface area contributed by atoms with E-state index in [-0.39, 0.29) is 30.4 Å². The summed E-state index contributed by atoms with van der Waals surface area (Å²) in [5, 5.41) is 8.60. The predicted octanol–water partition coefficient (Wildman–Crippen LogP) is -0.231. The Balaban J connectivity index is 2.29. The summed E-state index contributed by atoms with van der Waals surface area (Å²) in [5.74, 6) is -0.0538. The molecule has 1 fully saturated rings. The van der Waals surface area contributed by atoms with Crippen molar-refractivity contribution in [1.82, 2.24) is 16.0 Å². The Morgan fingerprint density at radius 3 is 2.94 bits per heavy atom. The van der Waals surface area contributed by atoms with Gasteiger partial charge < -0.3 is 10.6 Å². The molecule has 1 unspecified atom stereocenters. The van der Waals surface area contributed by atoms with Gasteiger partial charge in [0.25, 0.3) is 0 Å². The molecule has 0 bridgehead atoms. The van der Waals surface area contributed by atoms with Crippen molar-refractivity contribution < 1.29 is 9.59 Å². The van der Waals surface area contributed by atoms with Crippen molar-refractivity contribution >= 4 is 11.8 Å². The standard InChI is InChI=1S/C11H21N3O2/c1-8(2)14-10(15)7-13-9-5-3-4-6-12-11(9)16/h8-9,13H,3-7H2,1-2H3,(H,12,16)(H,14,15). The van der Waals surface area contributed by atoms with Crippen LogP contribution < -0.4 is 16.0 Å². The normalized spacial score (nSPS) is 21.4. The van der Waals surface area contributed by atoms with Crippen molar-refractivity contribution in [2.24, 2.45) is 0 Å². The highest BCUT2D eigenvalue weighted by molar-refractivity contribution is 5.83. The quantitative estimate of drug-likeness (QED) is 0.621. The number of hydrogen-bond donors (Lipinski definition) is 3. The van der Waals surface area contributed by atoms with Crippen LogP contribution in [-0.2, 0) is 9.59 Å². The lowest BCUT2D eigenvalue weighted by Gasteiger charge is -2.15. The Labute approximate surface area is 96.4 Å². The van der Waals surface area contributed by atoms with Gasteiger partial charge in [-0.15, -0.1) is 0 Å². The van der Waals surface area contributed by atoms with Crippen molar-refractivity contribution in [3.8, 4) is 0 Å². The second-order valence-corrected chi connectivity index (χ2v) is 4.44. The molecule has 1 aliphatic rings. The van der Waals surface area contributed by atoms with Gasteiger partial charge in [0.2, 0.25) is 11.8 Å².